The highest BCUT2D eigenvalue weighted by atomic mass is 16.4. The van der Waals surface area contributed by atoms with Gasteiger partial charge in [-0.3, -0.25) is 9.88 Å². The lowest BCUT2D eigenvalue weighted by atomic mass is 10.1. The molecule has 4 aromatic rings. The predicted octanol–water partition coefficient (Wildman–Crippen LogP) is 3.40. The van der Waals surface area contributed by atoms with Crippen molar-refractivity contribution < 1.29 is 4.42 Å². The van der Waals surface area contributed by atoms with Gasteiger partial charge in [-0.2, -0.15) is 0 Å². The molecule has 0 bridgehead atoms. The summed E-state index contributed by atoms with van der Waals surface area (Å²) in [5.41, 5.74) is 3.95. The third kappa shape index (κ3) is 3.11. The van der Waals surface area contributed by atoms with E-state index in [0.717, 1.165) is 47.7 Å². The number of fused-ring (bicyclic) bond motifs is 3. The lowest BCUT2D eigenvalue weighted by molar-refractivity contribution is 0.231. The number of rotatable bonds is 2. The molecule has 0 aliphatic carbocycles. The highest BCUT2D eigenvalue weighted by molar-refractivity contribution is 5.87. The maximum atomic E-state index is 12.9. The minimum absolute atomic E-state index is 0.322. The Balaban J connectivity index is 1.37. The molecule has 7 heteroatoms. The molecule has 0 spiro atoms. The van der Waals surface area contributed by atoms with Crippen LogP contribution >= 0.6 is 0 Å². The van der Waals surface area contributed by atoms with Gasteiger partial charge >= 0.3 is 5.63 Å². The summed E-state index contributed by atoms with van der Waals surface area (Å²) >= 11 is 0. The van der Waals surface area contributed by atoms with Crippen LogP contribution in [0.5, 0.6) is 0 Å². The van der Waals surface area contributed by atoms with Gasteiger partial charge in [0.15, 0.2) is 11.4 Å². The Kier molecular flexibility index (Phi) is 4.14. The van der Waals surface area contributed by atoms with Crippen LogP contribution in [0.4, 0.5) is 5.69 Å². The summed E-state index contributed by atoms with van der Waals surface area (Å²) in [7, 11) is 0. The van der Waals surface area contributed by atoms with Crippen LogP contribution in [0.3, 0.4) is 0 Å². The lowest BCUT2D eigenvalue weighted by Gasteiger charge is -2.38. The average Bonchev–Trinajstić information content (AvgIpc) is 3.40. The SMILES string of the molecule is Cc1cn2cc(-c3cc4ccc(N5CCN6CCC[C@@H]6C5)cc4c(=O)o3)nc2c(C)n1. The van der Waals surface area contributed by atoms with Gasteiger partial charge in [0, 0.05) is 43.8 Å². The number of benzene rings is 1. The second kappa shape index (κ2) is 6.92. The normalized spacial score (nSPS) is 19.4. The molecule has 0 radical (unpaired) electrons. The van der Waals surface area contributed by atoms with Crippen LogP contribution < -0.4 is 10.5 Å². The van der Waals surface area contributed by atoms with Gasteiger partial charge in [-0.1, -0.05) is 6.07 Å². The standard InChI is InChI=1S/C24H25N5O2/c1-15-12-29-14-21(26-23(29)16(2)25-15)22-10-17-5-6-18(11-20(17)24(30)31-22)28-9-8-27-7-3-4-19(27)13-28/h5-6,10-12,14,19H,3-4,7-9,13H2,1-2H3/t19-/m1/s1. The molecule has 0 amide bonds. The summed E-state index contributed by atoms with van der Waals surface area (Å²) in [5, 5.41) is 1.49. The minimum atomic E-state index is -0.322. The molecule has 0 N–H and O–H groups in total. The van der Waals surface area contributed by atoms with Gasteiger partial charge in [-0.05, 0) is 56.8 Å². The van der Waals surface area contributed by atoms with Crippen molar-refractivity contribution in [3.8, 4) is 11.5 Å². The Labute approximate surface area is 179 Å². The van der Waals surface area contributed by atoms with Crippen molar-refractivity contribution in [1.82, 2.24) is 19.3 Å². The van der Waals surface area contributed by atoms with E-state index in [-0.39, 0.29) is 5.63 Å². The number of aromatic nitrogens is 3. The van der Waals surface area contributed by atoms with Crippen molar-refractivity contribution in [2.75, 3.05) is 31.1 Å². The fraction of sp³-hybridized carbons (Fsp3) is 0.375. The van der Waals surface area contributed by atoms with Crippen molar-refractivity contribution in [1.29, 1.82) is 0 Å². The number of aryl methyl sites for hydroxylation is 2. The Morgan fingerprint density at radius 1 is 1.06 bits per heavy atom. The van der Waals surface area contributed by atoms with E-state index in [4.69, 9.17) is 4.42 Å². The van der Waals surface area contributed by atoms with E-state index in [0.29, 0.717) is 22.9 Å². The first-order chi connectivity index (χ1) is 15.0. The van der Waals surface area contributed by atoms with Crippen molar-refractivity contribution in [3.05, 3.63) is 58.5 Å². The molecule has 6 rings (SSSR count). The number of hydrogen-bond acceptors (Lipinski definition) is 6. The van der Waals surface area contributed by atoms with Crippen LogP contribution in [0.1, 0.15) is 24.2 Å². The molecule has 3 aromatic heterocycles. The summed E-state index contributed by atoms with van der Waals surface area (Å²) in [5.74, 6) is 0.477. The monoisotopic (exact) mass is 415 g/mol. The molecular weight excluding hydrogens is 390 g/mol. The van der Waals surface area contributed by atoms with E-state index in [2.05, 4.69) is 25.8 Å². The van der Waals surface area contributed by atoms with Gasteiger partial charge < -0.3 is 13.7 Å². The topological polar surface area (TPSA) is 66.9 Å². The first kappa shape index (κ1) is 18.6. The van der Waals surface area contributed by atoms with Gasteiger partial charge in [0.05, 0.1) is 16.8 Å². The van der Waals surface area contributed by atoms with Crippen LogP contribution in [0, 0.1) is 13.8 Å². The van der Waals surface area contributed by atoms with E-state index >= 15 is 0 Å². The molecule has 1 aromatic carbocycles. The third-order valence-electron chi connectivity index (χ3n) is 6.68. The van der Waals surface area contributed by atoms with E-state index in [1.807, 2.05) is 48.8 Å². The van der Waals surface area contributed by atoms with Gasteiger partial charge in [0.25, 0.3) is 0 Å². The highest BCUT2D eigenvalue weighted by Gasteiger charge is 2.30. The van der Waals surface area contributed by atoms with Crippen LogP contribution in [-0.4, -0.2) is 51.5 Å². The van der Waals surface area contributed by atoms with E-state index in [1.54, 1.807) is 0 Å². The molecule has 2 aliphatic rings. The lowest BCUT2D eigenvalue weighted by Crippen LogP contribution is -2.50. The van der Waals surface area contributed by atoms with Crippen LogP contribution in [-0.2, 0) is 0 Å². The van der Waals surface area contributed by atoms with Crippen LogP contribution in [0.2, 0.25) is 0 Å². The molecular formula is C24H25N5O2. The number of hydrogen-bond donors (Lipinski definition) is 0. The first-order valence-electron chi connectivity index (χ1n) is 11.0. The molecule has 0 saturated carbocycles. The number of imidazole rings is 1. The van der Waals surface area contributed by atoms with Gasteiger partial charge in [0.2, 0.25) is 0 Å². The quantitative estimate of drug-likeness (QED) is 0.500. The molecule has 0 unspecified atom stereocenters. The first-order valence-corrected chi connectivity index (χ1v) is 11.0. The van der Waals surface area contributed by atoms with Gasteiger partial charge in [-0.15, -0.1) is 0 Å². The van der Waals surface area contributed by atoms with Crippen molar-refractivity contribution in [3.63, 3.8) is 0 Å². The highest BCUT2D eigenvalue weighted by Crippen LogP contribution is 2.29. The summed E-state index contributed by atoms with van der Waals surface area (Å²) in [6, 6.07) is 8.68. The molecule has 2 saturated heterocycles. The molecule has 2 aliphatic heterocycles. The maximum absolute atomic E-state index is 12.9. The zero-order chi connectivity index (χ0) is 21.1. The second-order valence-corrected chi connectivity index (χ2v) is 8.77. The van der Waals surface area contributed by atoms with Gasteiger partial charge in [-0.25, -0.2) is 9.78 Å². The summed E-state index contributed by atoms with van der Waals surface area (Å²) in [4.78, 5) is 27.0. The van der Waals surface area contributed by atoms with Gasteiger partial charge in [0.1, 0.15) is 5.69 Å². The third-order valence-corrected chi connectivity index (χ3v) is 6.68. The Morgan fingerprint density at radius 2 is 1.97 bits per heavy atom. The maximum Gasteiger partial charge on any atom is 0.344 e. The summed E-state index contributed by atoms with van der Waals surface area (Å²) in [6.45, 7) is 8.23. The van der Waals surface area contributed by atoms with Crippen LogP contribution in [0.15, 0.2) is 45.9 Å². The second-order valence-electron chi connectivity index (χ2n) is 8.77. The average molecular weight is 415 g/mol. The number of anilines is 1. The zero-order valence-corrected chi connectivity index (χ0v) is 17.8. The number of piperazine rings is 1. The molecule has 7 nitrogen and oxygen atoms in total. The Hall–Kier alpha value is -3.19. The molecule has 5 heterocycles. The minimum Gasteiger partial charge on any atom is -0.421 e. The van der Waals surface area contributed by atoms with Crippen LogP contribution in [0.25, 0.3) is 27.9 Å². The largest absolute Gasteiger partial charge is 0.421 e. The fourth-order valence-electron chi connectivity index (χ4n) is 5.14. The summed E-state index contributed by atoms with van der Waals surface area (Å²) < 4.78 is 7.64. The smallest absolute Gasteiger partial charge is 0.344 e. The molecule has 2 fully saturated rings. The van der Waals surface area contributed by atoms with Crippen molar-refractivity contribution >= 4 is 22.1 Å². The molecule has 31 heavy (non-hydrogen) atoms. The van der Waals surface area contributed by atoms with Crippen molar-refractivity contribution in [2.45, 2.75) is 32.7 Å². The van der Waals surface area contributed by atoms with Crippen molar-refractivity contribution in [2.24, 2.45) is 0 Å². The molecule has 1 atom stereocenters. The van der Waals surface area contributed by atoms with E-state index in [1.165, 1.54) is 19.4 Å². The zero-order valence-electron chi connectivity index (χ0n) is 17.8. The summed E-state index contributed by atoms with van der Waals surface area (Å²) in [6.07, 6.45) is 6.37. The van der Waals surface area contributed by atoms with E-state index in [9.17, 15) is 4.79 Å². The predicted molar refractivity (Wildman–Crippen MR) is 121 cm³/mol. The fourth-order valence-corrected chi connectivity index (χ4v) is 5.14. The number of nitrogens with zero attached hydrogens (tertiary/aromatic N) is 5. The molecule has 158 valence electrons. The Bertz CT molecular complexity index is 1370. The van der Waals surface area contributed by atoms with E-state index < -0.39 is 0 Å². The Morgan fingerprint density at radius 3 is 2.87 bits per heavy atom.